The van der Waals surface area contributed by atoms with Gasteiger partial charge in [0.1, 0.15) is 0 Å². The van der Waals surface area contributed by atoms with Crippen LogP contribution < -0.4 is 5.32 Å². The smallest absolute Gasteiger partial charge is 0.0967 e. The van der Waals surface area contributed by atoms with Crippen LogP contribution in [0.4, 0.5) is 0 Å². The zero-order valence-corrected chi connectivity index (χ0v) is 11.0. The average molecular weight is 235 g/mol. The Hall–Kier alpha value is -0.590. The number of nitrogens with one attached hydrogen (secondary N) is 1. The molecular formula is C14H25N3. The molecule has 0 saturated heterocycles. The van der Waals surface area contributed by atoms with Gasteiger partial charge in [0.2, 0.25) is 0 Å². The predicted octanol–water partition coefficient (Wildman–Crippen LogP) is 2.29. The number of rotatable bonds is 7. The largest absolute Gasteiger partial charge is 0.301 e. The molecule has 1 atom stereocenters. The highest BCUT2D eigenvalue weighted by atomic mass is 15.2. The van der Waals surface area contributed by atoms with Crippen molar-refractivity contribution >= 4 is 0 Å². The number of nitrogens with zero attached hydrogens (tertiary/aromatic N) is 2. The van der Waals surface area contributed by atoms with Crippen molar-refractivity contribution in [3.05, 3.63) is 0 Å². The molecule has 2 rings (SSSR count). The lowest BCUT2D eigenvalue weighted by molar-refractivity contribution is 0.202. The zero-order valence-electron chi connectivity index (χ0n) is 11.0. The van der Waals surface area contributed by atoms with Crippen molar-refractivity contribution in [1.29, 1.82) is 5.26 Å². The molecule has 0 aromatic heterocycles. The second-order valence-corrected chi connectivity index (χ2v) is 5.48. The highest BCUT2D eigenvalue weighted by Gasteiger charge is 2.26. The van der Waals surface area contributed by atoms with E-state index in [1.807, 2.05) is 0 Å². The second kappa shape index (κ2) is 6.37. The zero-order chi connectivity index (χ0) is 12.1. The van der Waals surface area contributed by atoms with Gasteiger partial charge in [-0.25, -0.2) is 0 Å². The summed E-state index contributed by atoms with van der Waals surface area (Å²) in [6.45, 7) is 4.46. The van der Waals surface area contributed by atoms with Gasteiger partial charge in [-0.3, -0.25) is 5.32 Å². The standard InChI is InChI=1S/C14H25N3/c1-2-17(14-5-3-4-6-14)10-9-13(11-15)16-12-7-8-12/h12-14,16H,2-10H2,1H3. The van der Waals surface area contributed by atoms with E-state index in [2.05, 4.69) is 23.2 Å². The van der Waals surface area contributed by atoms with Gasteiger partial charge in [0, 0.05) is 18.6 Å². The van der Waals surface area contributed by atoms with Gasteiger partial charge in [-0.1, -0.05) is 19.8 Å². The van der Waals surface area contributed by atoms with E-state index < -0.39 is 0 Å². The minimum absolute atomic E-state index is 0.0675. The number of nitriles is 1. The minimum Gasteiger partial charge on any atom is -0.301 e. The Balaban J connectivity index is 1.71. The Morgan fingerprint density at radius 1 is 1.29 bits per heavy atom. The van der Waals surface area contributed by atoms with E-state index in [-0.39, 0.29) is 6.04 Å². The first kappa shape index (κ1) is 12.9. The molecule has 0 spiro atoms. The molecule has 0 heterocycles. The van der Waals surface area contributed by atoms with Gasteiger partial charge >= 0.3 is 0 Å². The number of hydrogen-bond acceptors (Lipinski definition) is 3. The van der Waals surface area contributed by atoms with Crippen LogP contribution in [-0.2, 0) is 0 Å². The third kappa shape index (κ3) is 3.97. The Morgan fingerprint density at radius 2 is 2.00 bits per heavy atom. The fourth-order valence-electron chi connectivity index (χ4n) is 2.88. The van der Waals surface area contributed by atoms with Crippen LogP contribution in [0.1, 0.15) is 51.9 Å². The van der Waals surface area contributed by atoms with Crippen LogP contribution >= 0.6 is 0 Å². The lowest BCUT2D eigenvalue weighted by Gasteiger charge is -2.28. The molecule has 0 aromatic carbocycles. The van der Waals surface area contributed by atoms with Crippen molar-refractivity contribution in [1.82, 2.24) is 10.2 Å². The fraction of sp³-hybridized carbons (Fsp3) is 0.929. The maximum atomic E-state index is 9.12. The molecule has 0 aliphatic heterocycles. The third-order valence-electron chi connectivity index (χ3n) is 4.12. The second-order valence-electron chi connectivity index (χ2n) is 5.48. The Kier molecular flexibility index (Phi) is 4.82. The molecular weight excluding hydrogens is 210 g/mol. The summed E-state index contributed by atoms with van der Waals surface area (Å²) >= 11 is 0. The molecule has 2 saturated carbocycles. The van der Waals surface area contributed by atoms with Crippen LogP contribution in [0.2, 0.25) is 0 Å². The average Bonchev–Trinajstić information content (AvgIpc) is 3.00. The van der Waals surface area contributed by atoms with Crippen LogP contribution in [0.25, 0.3) is 0 Å². The van der Waals surface area contributed by atoms with E-state index in [1.54, 1.807) is 0 Å². The molecule has 3 nitrogen and oxygen atoms in total. The van der Waals surface area contributed by atoms with Crippen LogP contribution in [0.15, 0.2) is 0 Å². The predicted molar refractivity (Wildman–Crippen MR) is 69.7 cm³/mol. The Bertz CT molecular complexity index is 261. The maximum absolute atomic E-state index is 9.12. The quantitative estimate of drug-likeness (QED) is 0.736. The summed E-state index contributed by atoms with van der Waals surface area (Å²) in [5, 5.41) is 12.5. The van der Waals surface area contributed by atoms with E-state index in [4.69, 9.17) is 5.26 Å². The Morgan fingerprint density at radius 3 is 2.53 bits per heavy atom. The normalized spacial score (nSPS) is 22.9. The first-order chi connectivity index (χ1) is 8.33. The van der Waals surface area contributed by atoms with Crippen LogP contribution in [-0.4, -0.2) is 36.1 Å². The van der Waals surface area contributed by atoms with E-state index in [0.29, 0.717) is 6.04 Å². The van der Waals surface area contributed by atoms with E-state index in [9.17, 15) is 0 Å². The maximum Gasteiger partial charge on any atom is 0.0967 e. The summed E-state index contributed by atoms with van der Waals surface area (Å²) in [6, 6.07) is 3.91. The molecule has 2 aliphatic carbocycles. The van der Waals surface area contributed by atoms with E-state index >= 15 is 0 Å². The summed E-state index contributed by atoms with van der Waals surface area (Å²) in [7, 11) is 0. The summed E-state index contributed by atoms with van der Waals surface area (Å²) in [5.41, 5.74) is 0. The molecule has 0 bridgehead atoms. The van der Waals surface area contributed by atoms with Gasteiger partial charge in [0.05, 0.1) is 12.1 Å². The highest BCUT2D eigenvalue weighted by Crippen LogP contribution is 2.24. The number of hydrogen-bond donors (Lipinski definition) is 1. The van der Waals surface area contributed by atoms with Crippen molar-refractivity contribution in [2.75, 3.05) is 13.1 Å². The first-order valence-electron chi connectivity index (χ1n) is 7.23. The lowest BCUT2D eigenvalue weighted by Crippen LogP contribution is -2.38. The summed E-state index contributed by atoms with van der Waals surface area (Å²) in [4.78, 5) is 2.58. The fourth-order valence-corrected chi connectivity index (χ4v) is 2.88. The Labute approximate surface area is 105 Å². The van der Waals surface area contributed by atoms with E-state index in [0.717, 1.165) is 25.6 Å². The van der Waals surface area contributed by atoms with Gasteiger partial charge in [-0.05, 0) is 38.6 Å². The van der Waals surface area contributed by atoms with Crippen LogP contribution in [0.5, 0.6) is 0 Å². The monoisotopic (exact) mass is 235 g/mol. The summed E-state index contributed by atoms with van der Waals surface area (Å²) < 4.78 is 0. The van der Waals surface area contributed by atoms with Crippen molar-refractivity contribution < 1.29 is 0 Å². The van der Waals surface area contributed by atoms with Gasteiger partial charge < -0.3 is 4.90 Å². The van der Waals surface area contributed by atoms with Crippen molar-refractivity contribution in [2.45, 2.75) is 70.0 Å². The SMILES string of the molecule is CCN(CCC(C#N)NC1CC1)C1CCCC1. The first-order valence-corrected chi connectivity index (χ1v) is 7.23. The molecule has 0 aromatic rings. The molecule has 0 amide bonds. The molecule has 2 aliphatic rings. The lowest BCUT2D eigenvalue weighted by atomic mass is 10.1. The van der Waals surface area contributed by atoms with Crippen molar-refractivity contribution in [3.63, 3.8) is 0 Å². The van der Waals surface area contributed by atoms with Gasteiger partial charge in [0.15, 0.2) is 0 Å². The third-order valence-corrected chi connectivity index (χ3v) is 4.12. The molecule has 0 radical (unpaired) electrons. The van der Waals surface area contributed by atoms with Crippen molar-refractivity contribution in [3.8, 4) is 6.07 Å². The highest BCUT2D eigenvalue weighted by molar-refractivity contribution is 4.96. The molecule has 3 heteroatoms. The molecule has 96 valence electrons. The molecule has 1 unspecified atom stereocenters. The van der Waals surface area contributed by atoms with Gasteiger partial charge in [-0.15, -0.1) is 0 Å². The van der Waals surface area contributed by atoms with Gasteiger partial charge in [0.25, 0.3) is 0 Å². The van der Waals surface area contributed by atoms with Crippen LogP contribution in [0, 0.1) is 11.3 Å². The minimum atomic E-state index is 0.0675. The molecule has 17 heavy (non-hydrogen) atoms. The van der Waals surface area contributed by atoms with Crippen LogP contribution in [0.3, 0.4) is 0 Å². The van der Waals surface area contributed by atoms with Crippen molar-refractivity contribution in [2.24, 2.45) is 0 Å². The molecule has 2 fully saturated rings. The topological polar surface area (TPSA) is 39.1 Å². The molecule has 1 N–H and O–H groups in total. The van der Waals surface area contributed by atoms with Gasteiger partial charge in [-0.2, -0.15) is 5.26 Å². The summed E-state index contributed by atoms with van der Waals surface area (Å²) in [5.74, 6) is 0. The van der Waals surface area contributed by atoms with E-state index in [1.165, 1.54) is 38.5 Å². The summed E-state index contributed by atoms with van der Waals surface area (Å²) in [6.07, 6.45) is 9.02.